The Morgan fingerprint density at radius 2 is 2.00 bits per heavy atom. The van der Waals surface area contributed by atoms with Gasteiger partial charge in [0.2, 0.25) is 11.8 Å². The number of hydrogen-bond acceptors (Lipinski definition) is 3. The van der Waals surface area contributed by atoms with Gasteiger partial charge in [0, 0.05) is 18.3 Å². The smallest absolute Gasteiger partial charge is 0.238 e. The number of amides is 2. The summed E-state index contributed by atoms with van der Waals surface area (Å²) in [4.78, 5) is 28.7. The van der Waals surface area contributed by atoms with Crippen molar-refractivity contribution in [3.8, 4) is 0 Å². The maximum Gasteiger partial charge on any atom is 0.238 e. The summed E-state index contributed by atoms with van der Waals surface area (Å²) in [6, 6.07) is 6.23. The lowest BCUT2D eigenvalue weighted by Gasteiger charge is -2.36. The molecule has 0 aliphatic carbocycles. The minimum Gasteiger partial charge on any atom is -0.339 e. The number of likely N-dealkylation sites (tertiary alicyclic amines) is 1. The van der Waals surface area contributed by atoms with E-state index in [1.807, 2.05) is 44.0 Å². The second kappa shape index (κ2) is 8.99. The molecule has 1 aliphatic rings. The number of benzene rings is 1. The van der Waals surface area contributed by atoms with Crippen LogP contribution >= 0.6 is 0 Å². The van der Waals surface area contributed by atoms with Crippen LogP contribution < -0.4 is 5.32 Å². The van der Waals surface area contributed by atoms with Crippen molar-refractivity contribution < 1.29 is 9.59 Å². The van der Waals surface area contributed by atoms with Gasteiger partial charge >= 0.3 is 0 Å². The lowest BCUT2D eigenvalue weighted by atomic mass is 10.00. The molecule has 2 rings (SSSR count). The van der Waals surface area contributed by atoms with Crippen LogP contribution in [0.5, 0.6) is 0 Å². The first-order valence-corrected chi connectivity index (χ1v) is 9.26. The number of carbonyl (C=O) groups excluding carboxylic acids is 2. The zero-order valence-corrected chi connectivity index (χ0v) is 16.0. The number of hydrogen-bond donors (Lipinski definition) is 1. The van der Waals surface area contributed by atoms with Gasteiger partial charge in [0.25, 0.3) is 0 Å². The Hall–Kier alpha value is -1.88. The number of rotatable bonds is 6. The number of likely N-dealkylation sites (N-methyl/N-ethyl adjacent to an activating group) is 1. The zero-order valence-electron chi connectivity index (χ0n) is 16.0. The van der Waals surface area contributed by atoms with E-state index in [0.717, 1.165) is 42.6 Å². The number of piperidine rings is 1. The Morgan fingerprint density at radius 1 is 1.24 bits per heavy atom. The van der Waals surface area contributed by atoms with Crippen LogP contribution in [0.2, 0.25) is 0 Å². The Kier molecular flexibility index (Phi) is 7.00. The minimum absolute atomic E-state index is 0.0883. The van der Waals surface area contributed by atoms with Gasteiger partial charge in [0.1, 0.15) is 0 Å². The summed E-state index contributed by atoms with van der Waals surface area (Å²) < 4.78 is 0. The van der Waals surface area contributed by atoms with Gasteiger partial charge in [-0.1, -0.05) is 19.1 Å². The first-order valence-electron chi connectivity index (χ1n) is 9.26. The quantitative estimate of drug-likeness (QED) is 0.862. The second-order valence-electron chi connectivity index (χ2n) is 7.11. The molecule has 2 amide bonds. The average molecular weight is 345 g/mol. The Balaban J connectivity index is 1.86. The van der Waals surface area contributed by atoms with Crippen LogP contribution in [0.1, 0.15) is 43.7 Å². The number of anilines is 1. The SMILES string of the molecule is CC[C@@H]1CCCCN1C(=O)CN(C)CC(=O)Nc1cccc(C)c1C. The van der Waals surface area contributed by atoms with Crippen LogP contribution in [-0.4, -0.2) is 54.3 Å². The van der Waals surface area contributed by atoms with Crippen LogP contribution in [-0.2, 0) is 9.59 Å². The number of carbonyl (C=O) groups is 2. The molecular formula is C20H31N3O2. The van der Waals surface area contributed by atoms with Gasteiger partial charge in [-0.3, -0.25) is 14.5 Å². The van der Waals surface area contributed by atoms with E-state index in [1.165, 1.54) is 6.42 Å². The molecule has 1 fully saturated rings. The van der Waals surface area contributed by atoms with Crippen LogP contribution in [0.4, 0.5) is 5.69 Å². The van der Waals surface area contributed by atoms with E-state index in [2.05, 4.69) is 12.2 Å². The van der Waals surface area contributed by atoms with Crippen molar-refractivity contribution in [1.82, 2.24) is 9.80 Å². The van der Waals surface area contributed by atoms with Gasteiger partial charge in [-0.25, -0.2) is 0 Å². The van der Waals surface area contributed by atoms with Gasteiger partial charge < -0.3 is 10.2 Å². The molecule has 1 heterocycles. The molecule has 1 atom stereocenters. The number of aryl methyl sites for hydroxylation is 1. The third kappa shape index (κ3) is 5.30. The van der Waals surface area contributed by atoms with E-state index >= 15 is 0 Å². The number of nitrogens with one attached hydrogen (secondary N) is 1. The molecule has 0 bridgehead atoms. The summed E-state index contributed by atoms with van der Waals surface area (Å²) in [5.41, 5.74) is 3.07. The minimum atomic E-state index is -0.0883. The molecule has 138 valence electrons. The van der Waals surface area contributed by atoms with Crippen molar-refractivity contribution >= 4 is 17.5 Å². The van der Waals surface area contributed by atoms with Crippen LogP contribution in [0.3, 0.4) is 0 Å². The first kappa shape index (κ1) is 19.4. The highest BCUT2D eigenvalue weighted by molar-refractivity contribution is 5.93. The predicted octanol–water partition coefficient (Wildman–Crippen LogP) is 2.96. The largest absolute Gasteiger partial charge is 0.339 e. The number of nitrogens with zero attached hydrogens (tertiary/aromatic N) is 2. The Labute approximate surface area is 151 Å². The lowest BCUT2D eigenvalue weighted by Crippen LogP contribution is -2.48. The van der Waals surface area contributed by atoms with E-state index < -0.39 is 0 Å². The predicted molar refractivity (Wildman–Crippen MR) is 102 cm³/mol. The van der Waals surface area contributed by atoms with Crippen LogP contribution in [0, 0.1) is 13.8 Å². The highest BCUT2D eigenvalue weighted by Gasteiger charge is 2.26. The van der Waals surface area contributed by atoms with Gasteiger partial charge in [0.15, 0.2) is 0 Å². The fourth-order valence-electron chi connectivity index (χ4n) is 3.45. The third-order valence-corrected chi connectivity index (χ3v) is 5.12. The maximum atomic E-state index is 12.6. The highest BCUT2D eigenvalue weighted by Crippen LogP contribution is 2.20. The van der Waals surface area contributed by atoms with Crippen LogP contribution in [0.15, 0.2) is 18.2 Å². The van der Waals surface area contributed by atoms with Crippen molar-refractivity contribution in [2.24, 2.45) is 0 Å². The van der Waals surface area contributed by atoms with Gasteiger partial charge in [-0.2, -0.15) is 0 Å². The summed E-state index contributed by atoms with van der Waals surface area (Å²) in [6.07, 6.45) is 4.39. The van der Waals surface area contributed by atoms with E-state index in [-0.39, 0.29) is 24.9 Å². The van der Waals surface area contributed by atoms with Gasteiger partial charge in [-0.05, 0) is 63.8 Å². The summed E-state index contributed by atoms with van der Waals surface area (Å²) >= 11 is 0. The maximum absolute atomic E-state index is 12.6. The van der Waals surface area contributed by atoms with Crippen molar-refractivity contribution in [3.63, 3.8) is 0 Å². The molecule has 1 N–H and O–H groups in total. The van der Waals surface area contributed by atoms with E-state index in [1.54, 1.807) is 4.90 Å². The molecule has 0 spiro atoms. The molecule has 1 saturated heterocycles. The normalized spacial score (nSPS) is 17.6. The summed E-state index contributed by atoms with van der Waals surface area (Å²) in [5, 5.41) is 2.95. The molecule has 0 aromatic heterocycles. The van der Waals surface area contributed by atoms with Crippen molar-refractivity contribution in [1.29, 1.82) is 0 Å². The topological polar surface area (TPSA) is 52.7 Å². The standard InChI is InChI=1S/C20H31N3O2/c1-5-17-10-6-7-12-23(17)20(25)14-22(4)13-19(24)21-18-11-8-9-15(2)16(18)3/h8-9,11,17H,5-7,10,12-14H2,1-4H3,(H,21,24)/t17-/m1/s1. The van der Waals surface area contributed by atoms with Crippen LogP contribution in [0.25, 0.3) is 0 Å². The van der Waals surface area contributed by atoms with Crippen molar-refractivity contribution in [2.45, 2.75) is 52.5 Å². The summed E-state index contributed by atoms with van der Waals surface area (Å²) in [7, 11) is 1.82. The molecule has 0 radical (unpaired) electrons. The highest BCUT2D eigenvalue weighted by atomic mass is 16.2. The molecule has 1 aliphatic heterocycles. The molecule has 0 unspecified atom stereocenters. The summed E-state index contributed by atoms with van der Waals surface area (Å²) in [5.74, 6) is 0.0447. The fourth-order valence-corrected chi connectivity index (χ4v) is 3.45. The van der Waals surface area contributed by atoms with E-state index in [0.29, 0.717) is 6.04 Å². The molecular weight excluding hydrogens is 314 g/mol. The first-order chi connectivity index (χ1) is 11.9. The van der Waals surface area contributed by atoms with Gasteiger partial charge in [0.05, 0.1) is 13.1 Å². The molecule has 0 saturated carbocycles. The Morgan fingerprint density at radius 3 is 2.72 bits per heavy atom. The summed E-state index contributed by atoms with van der Waals surface area (Å²) in [6.45, 7) is 7.51. The lowest BCUT2D eigenvalue weighted by molar-refractivity contribution is -0.136. The van der Waals surface area contributed by atoms with Crippen molar-refractivity contribution in [3.05, 3.63) is 29.3 Å². The fraction of sp³-hybridized carbons (Fsp3) is 0.600. The Bertz CT molecular complexity index is 615. The van der Waals surface area contributed by atoms with E-state index in [9.17, 15) is 9.59 Å². The zero-order chi connectivity index (χ0) is 18.4. The molecule has 5 nitrogen and oxygen atoms in total. The molecule has 1 aromatic rings. The average Bonchev–Trinajstić information content (AvgIpc) is 2.58. The monoisotopic (exact) mass is 345 g/mol. The third-order valence-electron chi connectivity index (χ3n) is 5.12. The molecule has 25 heavy (non-hydrogen) atoms. The molecule has 5 heteroatoms. The van der Waals surface area contributed by atoms with Gasteiger partial charge in [-0.15, -0.1) is 0 Å². The molecule has 1 aromatic carbocycles. The van der Waals surface area contributed by atoms with E-state index in [4.69, 9.17) is 0 Å². The second-order valence-corrected chi connectivity index (χ2v) is 7.11. The van der Waals surface area contributed by atoms with Crippen molar-refractivity contribution in [2.75, 3.05) is 32.0 Å².